The molecule has 3 heterocycles. The van der Waals surface area contributed by atoms with Gasteiger partial charge in [0.25, 0.3) is 0 Å². The number of fused-ring (bicyclic) bond motifs is 1. The second-order valence-corrected chi connectivity index (χ2v) is 10.3. The van der Waals surface area contributed by atoms with E-state index in [9.17, 15) is 39.9 Å². The second kappa shape index (κ2) is 10.1. The number of carbonyl (C=O) groups excluding carboxylic acids is 1. The van der Waals surface area contributed by atoms with Gasteiger partial charge in [-0.3, -0.25) is 4.79 Å². The summed E-state index contributed by atoms with van der Waals surface area (Å²) in [6.45, 7) is -1.94. The third kappa shape index (κ3) is 6.46. The first-order valence-electron chi connectivity index (χ1n) is 12.2. The van der Waals surface area contributed by atoms with Crippen LogP contribution in [0.4, 0.5) is 40.8 Å². The Morgan fingerprint density at radius 2 is 1.87 bits per heavy atom. The van der Waals surface area contributed by atoms with E-state index < -0.39 is 61.6 Å². The van der Waals surface area contributed by atoms with Gasteiger partial charge in [-0.05, 0) is 25.2 Å². The van der Waals surface area contributed by atoms with Gasteiger partial charge in [0.05, 0.1) is 35.2 Å². The summed E-state index contributed by atoms with van der Waals surface area (Å²) in [5, 5.41) is 6.55. The minimum Gasteiger partial charge on any atom is -0.364 e. The van der Waals surface area contributed by atoms with E-state index in [1.54, 1.807) is 0 Å². The van der Waals surface area contributed by atoms with Crippen molar-refractivity contribution in [3.63, 3.8) is 0 Å². The number of nitrogens with one attached hydrogen (secondary N) is 1. The monoisotopic (exact) mass is 556 g/mol. The SMILES string of the molecule is CN(CC(F)(F)F)c1cc2nc([C@@H](N)C3CCC(F)(F)CC3)cn2nc1C[C@@H]1C[C@@H](C(F)(F)F)CNC1=O. The predicted molar refractivity (Wildman–Crippen MR) is 121 cm³/mol. The van der Waals surface area contributed by atoms with Crippen molar-refractivity contribution < 1.29 is 39.9 Å². The van der Waals surface area contributed by atoms with Crippen molar-refractivity contribution in [3.8, 4) is 0 Å². The average Bonchev–Trinajstić information content (AvgIpc) is 3.20. The number of halogens is 8. The maximum atomic E-state index is 13.6. The maximum Gasteiger partial charge on any atom is 0.405 e. The van der Waals surface area contributed by atoms with Gasteiger partial charge in [-0.25, -0.2) is 18.3 Å². The first-order valence-corrected chi connectivity index (χ1v) is 12.2. The molecule has 15 heteroatoms. The van der Waals surface area contributed by atoms with E-state index in [0.29, 0.717) is 5.69 Å². The van der Waals surface area contributed by atoms with Crippen molar-refractivity contribution >= 4 is 17.2 Å². The van der Waals surface area contributed by atoms with Crippen LogP contribution in [0.2, 0.25) is 0 Å². The number of amides is 1. The summed E-state index contributed by atoms with van der Waals surface area (Å²) in [7, 11) is 1.15. The fourth-order valence-electron chi connectivity index (χ4n) is 5.18. The summed E-state index contributed by atoms with van der Waals surface area (Å²) in [4.78, 5) is 17.6. The zero-order valence-corrected chi connectivity index (χ0v) is 20.4. The molecule has 1 amide bonds. The van der Waals surface area contributed by atoms with Crippen LogP contribution >= 0.6 is 0 Å². The molecule has 0 radical (unpaired) electrons. The van der Waals surface area contributed by atoms with Gasteiger partial charge in [0, 0.05) is 44.8 Å². The Hall–Kier alpha value is -2.71. The molecular formula is C23H28F8N6O. The number of imidazole rings is 1. The highest BCUT2D eigenvalue weighted by atomic mass is 19.4. The van der Waals surface area contributed by atoms with E-state index in [0.717, 1.165) is 11.9 Å². The highest BCUT2D eigenvalue weighted by molar-refractivity contribution is 5.80. The minimum atomic E-state index is -4.59. The molecule has 7 nitrogen and oxygen atoms in total. The molecule has 2 aliphatic rings. The van der Waals surface area contributed by atoms with Gasteiger partial charge in [0.1, 0.15) is 6.54 Å². The number of hydrogen-bond acceptors (Lipinski definition) is 5. The second-order valence-electron chi connectivity index (χ2n) is 10.3. The molecule has 0 aromatic carbocycles. The van der Waals surface area contributed by atoms with Gasteiger partial charge in [0.2, 0.25) is 11.8 Å². The zero-order valence-electron chi connectivity index (χ0n) is 20.4. The molecule has 3 N–H and O–H groups in total. The summed E-state index contributed by atoms with van der Waals surface area (Å²) < 4.78 is 108. The number of rotatable bonds is 6. The van der Waals surface area contributed by atoms with Gasteiger partial charge in [-0.2, -0.15) is 31.4 Å². The summed E-state index contributed by atoms with van der Waals surface area (Å²) >= 11 is 0. The standard InChI is InChI=1S/C23H28F8N6O/c1-36(11-22(26,27)28)17-8-18-34-16(19(32)12-2-4-21(24,25)5-3-12)10-37(18)35-15(17)7-13-6-14(23(29,30)31)9-33-20(13)38/h8,10,12-14,19H,2-7,9,11,32H2,1H3,(H,33,38)/t13-,14+,19-/m0/s1. The van der Waals surface area contributed by atoms with Gasteiger partial charge in [0.15, 0.2) is 5.65 Å². The normalized spacial score (nSPS) is 23.9. The number of piperidine rings is 1. The largest absolute Gasteiger partial charge is 0.405 e. The number of anilines is 1. The van der Waals surface area contributed by atoms with E-state index in [2.05, 4.69) is 15.4 Å². The van der Waals surface area contributed by atoms with Crippen LogP contribution in [0.25, 0.3) is 5.65 Å². The molecule has 0 unspecified atom stereocenters. The van der Waals surface area contributed by atoms with Crippen LogP contribution in [-0.4, -0.2) is 58.9 Å². The van der Waals surface area contributed by atoms with Crippen LogP contribution in [-0.2, 0) is 11.2 Å². The topological polar surface area (TPSA) is 88.6 Å². The smallest absolute Gasteiger partial charge is 0.364 e. The molecule has 4 rings (SSSR count). The highest BCUT2D eigenvalue weighted by Crippen LogP contribution is 2.41. The minimum absolute atomic E-state index is 0.0120. The first-order chi connectivity index (χ1) is 17.5. The molecule has 212 valence electrons. The van der Waals surface area contributed by atoms with Crippen LogP contribution < -0.4 is 16.0 Å². The van der Waals surface area contributed by atoms with Crippen molar-refractivity contribution in [1.29, 1.82) is 0 Å². The van der Waals surface area contributed by atoms with E-state index in [-0.39, 0.29) is 55.1 Å². The Kier molecular flexibility index (Phi) is 7.53. The molecule has 2 fully saturated rings. The summed E-state index contributed by atoms with van der Waals surface area (Å²) in [5.41, 5.74) is 6.68. The molecule has 1 saturated heterocycles. The van der Waals surface area contributed by atoms with Gasteiger partial charge < -0.3 is 16.0 Å². The van der Waals surface area contributed by atoms with Gasteiger partial charge >= 0.3 is 12.4 Å². The number of alkyl halides is 8. The Morgan fingerprint density at radius 3 is 2.47 bits per heavy atom. The Bertz CT molecular complexity index is 1150. The molecule has 0 bridgehead atoms. The molecule has 38 heavy (non-hydrogen) atoms. The fraction of sp³-hybridized carbons (Fsp3) is 0.696. The fourth-order valence-corrected chi connectivity index (χ4v) is 5.18. The van der Waals surface area contributed by atoms with E-state index in [1.807, 2.05) is 0 Å². The quantitative estimate of drug-likeness (QED) is 0.515. The van der Waals surface area contributed by atoms with E-state index in [4.69, 9.17) is 5.73 Å². The highest BCUT2D eigenvalue weighted by Gasteiger charge is 2.45. The molecule has 2 aromatic heterocycles. The van der Waals surface area contributed by atoms with Crippen LogP contribution in [0.1, 0.15) is 49.5 Å². The zero-order chi connectivity index (χ0) is 28.0. The lowest BCUT2D eigenvalue weighted by Gasteiger charge is -2.31. The van der Waals surface area contributed by atoms with Crippen molar-refractivity contribution in [2.75, 3.05) is 25.0 Å². The predicted octanol–water partition coefficient (Wildman–Crippen LogP) is 4.41. The van der Waals surface area contributed by atoms with Crippen LogP contribution in [0.5, 0.6) is 0 Å². The van der Waals surface area contributed by atoms with Crippen LogP contribution in [0.3, 0.4) is 0 Å². The lowest BCUT2D eigenvalue weighted by molar-refractivity contribution is -0.183. The molecular weight excluding hydrogens is 528 g/mol. The lowest BCUT2D eigenvalue weighted by Crippen LogP contribution is -2.47. The van der Waals surface area contributed by atoms with Crippen molar-refractivity contribution in [1.82, 2.24) is 19.9 Å². The molecule has 0 spiro atoms. The molecule has 2 aromatic rings. The van der Waals surface area contributed by atoms with E-state index in [1.165, 1.54) is 16.8 Å². The van der Waals surface area contributed by atoms with E-state index >= 15 is 0 Å². The van der Waals surface area contributed by atoms with Crippen LogP contribution in [0.15, 0.2) is 12.3 Å². The number of aromatic nitrogens is 3. The van der Waals surface area contributed by atoms with Crippen molar-refractivity contribution in [2.24, 2.45) is 23.5 Å². The third-order valence-corrected chi connectivity index (χ3v) is 7.33. The number of nitrogens with zero attached hydrogens (tertiary/aromatic N) is 4. The molecule has 3 atom stereocenters. The number of nitrogens with two attached hydrogens (primary N) is 1. The molecule has 1 aliphatic carbocycles. The average molecular weight is 557 g/mol. The first kappa shape index (κ1) is 28.3. The Balaban J connectivity index is 1.66. The maximum absolute atomic E-state index is 13.6. The molecule has 1 aliphatic heterocycles. The summed E-state index contributed by atoms with van der Waals surface area (Å²) in [6, 6.07) is 0.589. The molecule has 1 saturated carbocycles. The van der Waals surface area contributed by atoms with Gasteiger partial charge in [-0.1, -0.05) is 0 Å². The van der Waals surface area contributed by atoms with Crippen molar-refractivity contribution in [3.05, 3.63) is 23.7 Å². The summed E-state index contributed by atoms with van der Waals surface area (Å²) in [5.74, 6) is -6.62. The van der Waals surface area contributed by atoms with Crippen molar-refractivity contribution in [2.45, 2.75) is 62.8 Å². The number of hydrogen-bond donors (Lipinski definition) is 2. The lowest BCUT2D eigenvalue weighted by atomic mass is 9.81. The number of carbonyl (C=O) groups is 1. The Morgan fingerprint density at radius 1 is 1.21 bits per heavy atom. The third-order valence-electron chi connectivity index (χ3n) is 7.33. The summed E-state index contributed by atoms with van der Waals surface area (Å²) in [6.07, 6.45) is -8.82. The van der Waals surface area contributed by atoms with Gasteiger partial charge in [-0.15, -0.1) is 0 Å². The Labute approximate surface area is 212 Å². The van der Waals surface area contributed by atoms with Crippen LogP contribution in [0, 0.1) is 17.8 Å².